The molecule has 0 saturated carbocycles. The van der Waals surface area contributed by atoms with Crippen LogP contribution in [0.2, 0.25) is 0 Å². The van der Waals surface area contributed by atoms with E-state index >= 15 is 0 Å². The molecule has 4 heteroatoms. The van der Waals surface area contributed by atoms with Crippen LogP contribution in [0.25, 0.3) is 0 Å². The van der Waals surface area contributed by atoms with Crippen molar-refractivity contribution in [2.45, 2.75) is 32.2 Å². The van der Waals surface area contributed by atoms with E-state index < -0.39 is 11.6 Å². The summed E-state index contributed by atoms with van der Waals surface area (Å²) in [5, 5.41) is 19.6. The Morgan fingerprint density at radius 3 is 2.94 bits per heavy atom. The number of ketones is 1. The summed E-state index contributed by atoms with van der Waals surface area (Å²) in [5.74, 6) is -2.16. The minimum atomic E-state index is -1.73. The zero-order valence-electron chi connectivity index (χ0n) is 9.06. The van der Waals surface area contributed by atoms with Crippen LogP contribution < -0.4 is 0 Å². The van der Waals surface area contributed by atoms with E-state index in [4.69, 9.17) is 4.74 Å². The lowest BCUT2D eigenvalue weighted by atomic mass is 9.92. The summed E-state index contributed by atoms with van der Waals surface area (Å²) in [5.41, 5.74) is 0.801. The number of carbonyl (C=O) groups is 1. The smallest absolute Gasteiger partial charge is 0.231 e. The number of benzene rings is 1. The predicted molar refractivity (Wildman–Crippen MR) is 57.1 cm³/mol. The molecule has 1 heterocycles. The summed E-state index contributed by atoms with van der Waals surface area (Å²) in [6, 6.07) is 4.68. The molecule has 1 aromatic carbocycles. The molecular formula is C12H14O4. The summed E-state index contributed by atoms with van der Waals surface area (Å²) >= 11 is 0. The van der Waals surface area contributed by atoms with Crippen LogP contribution in [-0.2, 0) is 11.3 Å². The number of phenolic OH excluding ortho intramolecular Hbond substituents is 1. The second-order valence-electron chi connectivity index (χ2n) is 3.96. The Morgan fingerprint density at radius 2 is 2.25 bits per heavy atom. The number of phenols is 1. The SMILES string of the molecule is CCC[C@]1(O)OCc2c(O)cccc2C1=O. The molecule has 0 saturated heterocycles. The minimum Gasteiger partial charge on any atom is -0.508 e. The van der Waals surface area contributed by atoms with E-state index in [9.17, 15) is 15.0 Å². The lowest BCUT2D eigenvalue weighted by Gasteiger charge is -2.31. The third kappa shape index (κ3) is 1.60. The van der Waals surface area contributed by atoms with Crippen molar-refractivity contribution in [1.29, 1.82) is 0 Å². The lowest BCUT2D eigenvalue weighted by Crippen LogP contribution is -2.44. The van der Waals surface area contributed by atoms with E-state index in [1.165, 1.54) is 6.07 Å². The molecule has 0 unspecified atom stereocenters. The third-order valence-electron chi connectivity index (χ3n) is 2.79. The van der Waals surface area contributed by atoms with E-state index in [1.807, 2.05) is 6.92 Å². The number of aliphatic hydroxyl groups is 1. The fraction of sp³-hybridized carbons (Fsp3) is 0.417. The Morgan fingerprint density at radius 1 is 1.50 bits per heavy atom. The van der Waals surface area contributed by atoms with Crippen molar-refractivity contribution in [2.24, 2.45) is 0 Å². The van der Waals surface area contributed by atoms with Crippen LogP contribution in [0.15, 0.2) is 18.2 Å². The number of fused-ring (bicyclic) bond motifs is 1. The number of carbonyl (C=O) groups excluding carboxylic acids is 1. The highest BCUT2D eigenvalue weighted by Gasteiger charge is 2.42. The highest BCUT2D eigenvalue weighted by molar-refractivity contribution is 6.03. The number of rotatable bonds is 2. The number of Topliss-reactive ketones (excluding diaryl/α,β-unsaturated/α-hetero) is 1. The average Bonchev–Trinajstić information content (AvgIpc) is 2.25. The molecule has 1 aliphatic rings. The second kappa shape index (κ2) is 3.88. The molecule has 0 spiro atoms. The van der Waals surface area contributed by atoms with Gasteiger partial charge in [0, 0.05) is 17.5 Å². The first kappa shape index (κ1) is 11.1. The van der Waals surface area contributed by atoms with Gasteiger partial charge in [0.2, 0.25) is 11.6 Å². The van der Waals surface area contributed by atoms with Crippen LogP contribution in [-0.4, -0.2) is 21.8 Å². The first-order chi connectivity index (χ1) is 7.58. The number of hydrogen-bond acceptors (Lipinski definition) is 4. The van der Waals surface area contributed by atoms with Gasteiger partial charge in [-0.25, -0.2) is 0 Å². The first-order valence-electron chi connectivity index (χ1n) is 5.30. The molecular weight excluding hydrogens is 208 g/mol. The van der Waals surface area contributed by atoms with Gasteiger partial charge < -0.3 is 14.9 Å². The highest BCUT2D eigenvalue weighted by Crippen LogP contribution is 2.33. The fourth-order valence-corrected chi connectivity index (χ4v) is 1.93. The van der Waals surface area contributed by atoms with Crippen molar-refractivity contribution >= 4 is 5.78 Å². The van der Waals surface area contributed by atoms with Gasteiger partial charge in [-0.05, 0) is 6.07 Å². The maximum absolute atomic E-state index is 12.0. The summed E-state index contributed by atoms with van der Waals surface area (Å²) in [7, 11) is 0. The molecule has 1 atom stereocenters. The Hall–Kier alpha value is -1.39. The summed E-state index contributed by atoms with van der Waals surface area (Å²) in [4.78, 5) is 12.0. The Labute approximate surface area is 93.5 Å². The predicted octanol–water partition coefficient (Wildman–Crippen LogP) is 1.59. The molecule has 0 fully saturated rings. The molecule has 1 aliphatic heterocycles. The van der Waals surface area contributed by atoms with Crippen molar-refractivity contribution in [3.05, 3.63) is 29.3 Å². The van der Waals surface area contributed by atoms with Crippen molar-refractivity contribution < 1.29 is 19.7 Å². The second-order valence-corrected chi connectivity index (χ2v) is 3.96. The Balaban J connectivity index is 2.43. The number of ether oxygens (including phenoxy) is 1. The van der Waals surface area contributed by atoms with Crippen molar-refractivity contribution in [1.82, 2.24) is 0 Å². The number of hydrogen-bond donors (Lipinski definition) is 2. The normalized spacial score (nSPS) is 24.2. The lowest BCUT2D eigenvalue weighted by molar-refractivity contribution is -0.182. The summed E-state index contributed by atoms with van der Waals surface area (Å²) in [6.45, 7) is 1.93. The zero-order valence-corrected chi connectivity index (χ0v) is 9.06. The molecule has 0 aromatic heterocycles. The monoisotopic (exact) mass is 222 g/mol. The van der Waals surface area contributed by atoms with Crippen LogP contribution in [0.3, 0.4) is 0 Å². The molecule has 2 rings (SSSR count). The van der Waals surface area contributed by atoms with E-state index in [-0.39, 0.29) is 18.8 Å². The van der Waals surface area contributed by atoms with E-state index in [0.717, 1.165) is 0 Å². The summed E-state index contributed by atoms with van der Waals surface area (Å²) in [6.07, 6.45) is 0.914. The van der Waals surface area contributed by atoms with Crippen molar-refractivity contribution in [3.8, 4) is 5.75 Å². The van der Waals surface area contributed by atoms with Gasteiger partial charge >= 0.3 is 0 Å². The topological polar surface area (TPSA) is 66.8 Å². The van der Waals surface area contributed by atoms with E-state index in [0.29, 0.717) is 17.5 Å². The van der Waals surface area contributed by atoms with Crippen molar-refractivity contribution in [2.75, 3.05) is 0 Å². The average molecular weight is 222 g/mol. The molecule has 2 N–H and O–H groups in total. The van der Waals surface area contributed by atoms with E-state index in [1.54, 1.807) is 12.1 Å². The van der Waals surface area contributed by atoms with Crippen LogP contribution in [0.5, 0.6) is 5.75 Å². The maximum Gasteiger partial charge on any atom is 0.231 e. The third-order valence-corrected chi connectivity index (χ3v) is 2.79. The maximum atomic E-state index is 12.0. The molecule has 4 nitrogen and oxygen atoms in total. The molecule has 0 amide bonds. The minimum absolute atomic E-state index is 0.0319. The van der Waals surface area contributed by atoms with Gasteiger partial charge in [-0.3, -0.25) is 4.79 Å². The van der Waals surface area contributed by atoms with Gasteiger partial charge in [-0.2, -0.15) is 0 Å². The van der Waals surface area contributed by atoms with Gasteiger partial charge in [-0.15, -0.1) is 0 Å². The molecule has 0 radical (unpaired) electrons. The van der Waals surface area contributed by atoms with Crippen molar-refractivity contribution in [3.63, 3.8) is 0 Å². The van der Waals surface area contributed by atoms with Gasteiger partial charge in [0.05, 0.1) is 6.61 Å². The first-order valence-corrected chi connectivity index (χ1v) is 5.30. The molecule has 0 aliphatic carbocycles. The quantitative estimate of drug-likeness (QED) is 0.797. The molecule has 16 heavy (non-hydrogen) atoms. The van der Waals surface area contributed by atoms with Gasteiger partial charge in [0.1, 0.15) is 5.75 Å². The van der Waals surface area contributed by atoms with Crippen LogP contribution in [0.1, 0.15) is 35.7 Å². The van der Waals surface area contributed by atoms with Gasteiger partial charge in [-0.1, -0.05) is 25.5 Å². The highest BCUT2D eigenvalue weighted by atomic mass is 16.6. The standard InChI is InChI=1S/C12H14O4/c1-2-6-12(15)11(14)8-4-3-5-10(13)9(8)7-16-12/h3-5,13,15H,2,6-7H2,1H3/t12-/m0/s1. The van der Waals surface area contributed by atoms with Gasteiger partial charge in [0.25, 0.3) is 0 Å². The Kier molecular flexibility index (Phi) is 2.69. The largest absolute Gasteiger partial charge is 0.508 e. The Bertz CT molecular complexity index is 427. The summed E-state index contributed by atoms with van der Waals surface area (Å²) < 4.78 is 5.17. The van der Waals surface area contributed by atoms with Crippen LogP contribution in [0, 0.1) is 0 Å². The number of aromatic hydroxyl groups is 1. The van der Waals surface area contributed by atoms with Crippen LogP contribution >= 0.6 is 0 Å². The van der Waals surface area contributed by atoms with Crippen LogP contribution in [0.4, 0.5) is 0 Å². The zero-order chi connectivity index (χ0) is 11.8. The molecule has 86 valence electrons. The molecule has 1 aromatic rings. The molecule has 0 bridgehead atoms. The van der Waals surface area contributed by atoms with E-state index in [2.05, 4.69) is 0 Å². The fourth-order valence-electron chi connectivity index (χ4n) is 1.93. The van der Waals surface area contributed by atoms with Gasteiger partial charge in [0.15, 0.2) is 0 Å².